The molecule has 1 aliphatic heterocycles. The van der Waals surface area contributed by atoms with Crippen LogP contribution in [0.15, 0.2) is 53.5 Å². The molecule has 2 aromatic rings. The molecule has 1 amide bonds. The van der Waals surface area contributed by atoms with Crippen molar-refractivity contribution in [3.63, 3.8) is 0 Å². The Hall–Kier alpha value is -2.40. The van der Waals surface area contributed by atoms with Crippen LogP contribution in [0.25, 0.3) is 0 Å². The Kier molecular flexibility index (Phi) is 4.30. The van der Waals surface area contributed by atoms with Gasteiger partial charge in [-0.15, -0.1) is 0 Å². The highest BCUT2D eigenvalue weighted by Gasteiger charge is 2.34. The summed E-state index contributed by atoms with van der Waals surface area (Å²) in [5.74, 6) is 0.00963. The minimum atomic E-state index is -0.151. The number of amides is 1. The van der Waals surface area contributed by atoms with Gasteiger partial charge in [0, 0.05) is 49.4 Å². The van der Waals surface area contributed by atoms with E-state index in [0.29, 0.717) is 25.2 Å². The van der Waals surface area contributed by atoms with Crippen LogP contribution in [0.1, 0.15) is 28.8 Å². The number of nitrogens with two attached hydrogens (primary N) is 1. The Morgan fingerprint density at radius 1 is 1.22 bits per heavy atom. The minimum Gasteiger partial charge on any atom is -0.336 e. The van der Waals surface area contributed by atoms with Crippen molar-refractivity contribution in [1.29, 1.82) is 0 Å². The number of aryl methyl sites for hydroxylation is 1. The van der Waals surface area contributed by atoms with Gasteiger partial charge in [0.2, 0.25) is 0 Å². The lowest BCUT2D eigenvalue weighted by molar-refractivity contribution is 0.0789. The molecule has 0 bridgehead atoms. The van der Waals surface area contributed by atoms with Gasteiger partial charge in [0.15, 0.2) is 0 Å². The Morgan fingerprint density at radius 3 is 2.61 bits per heavy atom. The fourth-order valence-electron chi connectivity index (χ4n) is 3.13. The van der Waals surface area contributed by atoms with E-state index in [4.69, 9.17) is 5.73 Å². The number of nitrogens with zero attached hydrogens (tertiary/aromatic N) is 2. The zero-order valence-electron chi connectivity index (χ0n) is 13.2. The predicted molar refractivity (Wildman–Crippen MR) is 89.4 cm³/mol. The van der Waals surface area contributed by atoms with E-state index in [2.05, 4.69) is 0 Å². The number of carbonyl (C=O) groups excluding carboxylic acids is 1. The van der Waals surface area contributed by atoms with Gasteiger partial charge in [0.1, 0.15) is 0 Å². The number of hydrogen-bond acceptors (Lipinski definition) is 3. The Morgan fingerprint density at radius 2 is 1.96 bits per heavy atom. The molecule has 1 aromatic heterocycles. The number of aromatic nitrogens is 1. The molecular weight excluding hydrogens is 290 g/mol. The molecule has 0 radical (unpaired) electrons. The summed E-state index contributed by atoms with van der Waals surface area (Å²) < 4.78 is 1.57. The number of benzene rings is 1. The van der Waals surface area contributed by atoms with E-state index in [9.17, 15) is 9.59 Å². The van der Waals surface area contributed by atoms with Crippen molar-refractivity contribution in [1.82, 2.24) is 9.47 Å². The third-order valence-electron chi connectivity index (χ3n) is 4.46. The van der Waals surface area contributed by atoms with E-state index in [1.807, 2.05) is 37.3 Å². The standard InChI is InChI=1S/C18H21N3O2/c1-2-20-9-8-14(10-17(20)22)18(23)21-11-15(16(19)12-21)13-6-4-3-5-7-13/h3-10,15-16H,2,11-12,19H2,1H3. The van der Waals surface area contributed by atoms with Crippen LogP contribution in [0.4, 0.5) is 0 Å². The first-order chi connectivity index (χ1) is 11.1. The van der Waals surface area contributed by atoms with Crippen LogP contribution in [-0.2, 0) is 6.54 Å². The molecule has 0 spiro atoms. The number of hydrogen-bond donors (Lipinski definition) is 1. The third kappa shape index (κ3) is 3.05. The van der Waals surface area contributed by atoms with E-state index in [1.54, 1.807) is 21.7 Å². The zero-order chi connectivity index (χ0) is 16.4. The maximum Gasteiger partial charge on any atom is 0.254 e. The second-order valence-electron chi connectivity index (χ2n) is 5.93. The normalized spacial score (nSPS) is 20.7. The van der Waals surface area contributed by atoms with Gasteiger partial charge < -0.3 is 15.2 Å². The average molecular weight is 311 g/mol. The molecule has 1 aromatic carbocycles. The molecule has 1 saturated heterocycles. The molecule has 5 heteroatoms. The molecule has 23 heavy (non-hydrogen) atoms. The lowest BCUT2D eigenvalue weighted by Crippen LogP contribution is -2.33. The molecule has 0 aliphatic carbocycles. The van der Waals surface area contributed by atoms with Crippen molar-refractivity contribution < 1.29 is 4.79 Å². The van der Waals surface area contributed by atoms with E-state index in [1.165, 1.54) is 6.07 Å². The van der Waals surface area contributed by atoms with E-state index >= 15 is 0 Å². The summed E-state index contributed by atoms with van der Waals surface area (Å²) >= 11 is 0. The van der Waals surface area contributed by atoms with Crippen LogP contribution in [0, 0.1) is 0 Å². The summed E-state index contributed by atoms with van der Waals surface area (Å²) in [5, 5.41) is 0. The molecule has 2 unspecified atom stereocenters. The van der Waals surface area contributed by atoms with Crippen LogP contribution in [0.2, 0.25) is 0 Å². The summed E-state index contributed by atoms with van der Waals surface area (Å²) in [6, 6.07) is 13.0. The molecule has 2 heterocycles. The Bertz CT molecular complexity index is 754. The zero-order valence-corrected chi connectivity index (χ0v) is 13.2. The molecule has 5 nitrogen and oxygen atoms in total. The molecule has 120 valence electrons. The topological polar surface area (TPSA) is 68.3 Å². The number of carbonyl (C=O) groups is 1. The van der Waals surface area contributed by atoms with Gasteiger partial charge in [-0.3, -0.25) is 9.59 Å². The maximum atomic E-state index is 12.6. The second kappa shape index (κ2) is 6.38. The van der Waals surface area contributed by atoms with Gasteiger partial charge in [0.25, 0.3) is 11.5 Å². The second-order valence-corrected chi connectivity index (χ2v) is 5.93. The molecule has 2 atom stereocenters. The maximum absolute atomic E-state index is 12.6. The van der Waals surface area contributed by atoms with Crippen molar-refractivity contribution in [3.05, 3.63) is 70.1 Å². The van der Waals surface area contributed by atoms with Crippen LogP contribution in [-0.4, -0.2) is 34.5 Å². The van der Waals surface area contributed by atoms with Crippen LogP contribution in [0.3, 0.4) is 0 Å². The highest BCUT2D eigenvalue weighted by atomic mass is 16.2. The smallest absolute Gasteiger partial charge is 0.254 e. The lowest BCUT2D eigenvalue weighted by Gasteiger charge is -2.16. The summed E-state index contributed by atoms with van der Waals surface area (Å²) in [5.41, 5.74) is 7.66. The van der Waals surface area contributed by atoms with Crippen LogP contribution < -0.4 is 11.3 Å². The number of rotatable bonds is 3. The lowest BCUT2D eigenvalue weighted by atomic mass is 9.95. The molecule has 1 aliphatic rings. The van der Waals surface area contributed by atoms with E-state index in [0.717, 1.165) is 5.56 Å². The van der Waals surface area contributed by atoms with Crippen molar-refractivity contribution in [2.75, 3.05) is 13.1 Å². The summed E-state index contributed by atoms with van der Waals surface area (Å²) in [6.45, 7) is 3.58. The highest BCUT2D eigenvalue weighted by molar-refractivity contribution is 5.94. The van der Waals surface area contributed by atoms with Gasteiger partial charge in [-0.25, -0.2) is 0 Å². The summed E-state index contributed by atoms with van der Waals surface area (Å²) in [7, 11) is 0. The quantitative estimate of drug-likeness (QED) is 0.932. The van der Waals surface area contributed by atoms with E-state index < -0.39 is 0 Å². The third-order valence-corrected chi connectivity index (χ3v) is 4.46. The minimum absolute atomic E-state index is 0.0858. The van der Waals surface area contributed by atoms with Gasteiger partial charge in [-0.1, -0.05) is 30.3 Å². The van der Waals surface area contributed by atoms with Gasteiger partial charge in [0.05, 0.1) is 0 Å². The Balaban J connectivity index is 1.79. The average Bonchev–Trinajstić information content (AvgIpc) is 2.96. The number of pyridine rings is 1. The fourth-order valence-corrected chi connectivity index (χ4v) is 3.13. The highest BCUT2D eigenvalue weighted by Crippen LogP contribution is 2.27. The predicted octanol–water partition coefficient (Wildman–Crippen LogP) is 1.44. The van der Waals surface area contributed by atoms with Crippen molar-refractivity contribution in [2.45, 2.75) is 25.4 Å². The fraction of sp³-hybridized carbons (Fsp3) is 0.333. The first kappa shape index (κ1) is 15.5. The van der Waals surface area contributed by atoms with Crippen molar-refractivity contribution in [3.8, 4) is 0 Å². The van der Waals surface area contributed by atoms with Crippen LogP contribution in [0.5, 0.6) is 0 Å². The molecule has 0 saturated carbocycles. The monoisotopic (exact) mass is 311 g/mol. The van der Waals surface area contributed by atoms with E-state index in [-0.39, 0.29) is 23.4 Å². The first-order valence-electron chi connectivity index (χ1n) is 7.90. The SMILES string of the molecule is CCn1ccc(C(=O)N2CC(N)C(c3ccccc3)C2)cc1=O. The van der Waals surface area contributed by atoms with Crippen molar-refractivity contribution in [2.24, 2.45) is 5.73 Å². The molecule has 2 N–H and O–H groups in total. The van der Waals surface area contributed by atoms with Crippen LogP contribution >= 0.6 is 0 Å². The molecule has 1 fully saturated rings. The Labute approximate surface area is 135 Å². The van der Waals surface area contributed by atoms with Crippen molar-refractivity contribution >= 4 is 5.91 Å². The summed E-state index contributed by atoms with van der Waals surface area (Å²) in [6.07, 6.45) is 1.67. The first-order valence-corrected chi connectivity index (χ1v) is 7.90. The number of likely N-dealkylation sites (tertiary alicyclic amines) is 1. The molecular formula is C18H21N3O2. The van der Waals surface area contributed by atoms with Gasteiger partial charge >= 0.3 is 0 Å². The molecule has 3 rings (SSSR count). The summed E-state index contributed by atoms with van der Waals surface area (Å²) in [4.78, 5) is 26.3. The van der Waals surface area contributed by atoms with Gasteiger partial charge in [-0.2, -0.15) is 0 Å². The largest absolute Gasteiger partial charge is 0.336 e. The van der Waals surface area contributed by atoms with Gasteiger partial charge in [-0.05, 0) is 18.6 Å².